The molecule has 0 aliphatic carbocycles. The summed E-state index contributed by atoms with van der Waals surface area (Å²) in [6.07, 6.45) is 9.69. The quantitative estimate of drug-likeness (QED) is 0.827. The molecule has 2 rings (SSSR count). The van der Waals surface area contributed by atoms with Gasteiger partial charge in [0.1, 0.15) is 6.10 Å². The standard InChI is InChI=1S/C14H24N2O2/c1-12(14(17)16-8-4-2-5-9-16)15-11-13-7-3-6-10-18-13/h6,10,12-13,15H,2-5,7-9,11H2,1H3. The van der Waals surface area contributed by atoms with E-state index in [-0.39, 0.29) is 18.1 Å². The summed E-state index contributed by atoms with van der Waals surface area (Å²) in [6.45, 7) is 4.56. The Hall–Kier alpha value is -1.03. The molecule has 2 aliphatic heterocycles. The van der Waals surface area contributed by atoms with Crippen molar-refractivity contribution in [2.45, 2.75) is 51.2 Å². The second-order valence-corrected chi connectivity index (χ2v) is 5.22. The van der Waals surface area contributed by atoms with Crippen molar-refractivity contribution in [1.82, 2.24) is 10.2 Å². The number of carbonyl (C=O) groups is 1. The molecular weight excluding hydrogens is 228 g/mol. The summed E-state index contributed by atoms with van der Waals surface area (Å²) in [7, 11) is 0. The van der Waals surface area contributed by atoms with E-state index in [0.717, 1.165) is 45.3 Å². The smallest absolute Gasteiger partial charge is 0.239 e. The predicted octanol–water partition coefficient (Wildman–Crippen LogP) is 1.67. The largest absolute Gasteiger partial charge is 0.497 e. The fourth-order valence-corrected chi connectivity index (χ4v) is 2.52. The first-order valence-corrected chi connectivity index (χ1v) is 7.10. The fourth-order valence-electron chi connectivity index (χ4n) is 2.52. The number of hydrogen-bond acceptors (Lipinski definition) is 3. The third-order valence-corrected chi connectivity index (χ3v) is 3.71. The van der Waals surface area contributed by atoms with E-state index in [0.29, 0.717) is 0 Å². The van der Waals surface area contributed by atoms with Crippen LogP contribution in [0.3, 0.4) is 0 Å². The van der Waals surface area contributed by atoms with Crippen LogP contribution in [0.2, 0.25) is 0 Å². The maximum Gasteiger partial charge on any atom is 0.239 e. The third kappa shape index (κ3) is 3.73. The SMILES string of the molecule is CC(NCC1CCC=CO1)C(=O)N1CCCCC1. The molecule has 0 saturated carbocycles. The van der Waals surface area contributed by atoms with Crippen LogP contribution >= 0.6 is 0 Å². The van der Waals surface area contributed by atoms with Crippen molar-refractivity contribution in [3.63, 3.8) is 0 Å². The molecule has 0 aromatic heterocycles. The first-order chi connectivity index (χ1) is 8.77. The number of nitrogens with zero attached hydrogens (tertiary/aromatic N) is 1. The summed E-state index contributed by atoms with van der Waals surface area (Å²) in [5, 5.41) is 3.30. The highest BCUT2D eigenvalue weighted by Crippen LogP contribution is 2.11. The number of amides is 1. The van der Waals surface area contributed by atoms with Gasteiger partial charge in [-0.05, 0) is 45.1 Å². The van der Waals surface area contributed by atoms with Gasteiger partial charge in [0.05, 0.1) is 12.3 Å². The number of hydrogen-bond donors (Lipinski definition) is 1. The molecule has 0 bridgehead atoms. The van der Waals surface area contributed by atoms with Crippen molar-refractivity contribution in [3.8, 4) is 0 Å². The lowest BCUT2D eigenvalue weighted by Crippen LogP contribution is -2.48. The second kappa shape index (κ2) is 6.78. The number of rotatable bonds is 4. The first-order valence-electron chi connectivity index (χ1n) is 7.10. The Labute approximate surface area is 109 Å². The predicted molar refractivity (Wildman–Crippen MR) is 71.1 cm³/mol. The van der Waals surface area contributed by atoms with Crippen LogP contribution in [0.15, 0.2) is 12.3 Å². The molecule has 4 heteroatoms. The van der Waals surface area contributed by atoms with E-state index in [4.69, 9.17) is 4.74 Å². The van der Waals surface area contributed by atoms with Gasteiger partial charge in [-0.1, -0.05) is 0 Å². The van der Waals surface area contributed by atoms with Crippen LogP contribution in [-0.2, 0) is 9.53 Å². The summed E-state index contributed by atoms with van der Waals surface area (Å²) in [4.78, 5) is 14.2. The molecule has 2 heterocycles. The highest BCUT2D eigenvalue weighted by Gasteiger charge is 2.22. The molecule has 0 aromatic carbocycles. The van der Waals surface area contributed by atoms with Crippen LogP contribution in [0.25, 0.3) is 0 Å². The average molecular weight is 252 g/mol. The van der Waals surface area contributed by atoms with Crippen molar-refractivity contribution < 1.29 is 9.53 Å². The van der Waals surface area contributed by atoms with Crippen molar-refractivity contribution in [2.75, 3.05) is 19.6 Å². The molecule has 1 N–H and O–H groups in total. The van der Waals surface area contributed by atoms with Gasteiger partial charge in [-0.2, -0.15) is 0 Å². The molecule has 1 amide bonds. The summed E-state index contributed by atoms with van der Waals surface area (Å²) < 4.78 is 5.49. The van der Waals surface area contributed by atoms with Crippen molar-refractivity contribution >= 4 is 5.91 Å². The van der Waals surface area contributed by atoms with E-state index in [1.165, 1.54) is 6.42 Å². The van der Waals surface area contributed by atoms with Gasteiger partial charge in [-0.3, -0.25) is 4.79 Å². The topological polar surface area (TPSA) is 41.6 Å². The van der Waals surface area contributed by atoms with Gasteiger partial charge < -0.3 is 15.0 Å². The molecule has 2 atom stereocenters. The molecule has 2 unspecified atom stereocenters. The van der Waals surface area contributed by atoms with Crippen LogP contribution in [-0.4, -0.2) is 42.6 Å². The molecular formula is C14H24N2O2. The van der Waals surface area contributed by atoms with Gasteiger partial charge in [0, 0.05) is 19.6 Å². The zero-order valence-corrected chi connectivity index (χ0v) is 11.2. The average Bonchev–Trinajstić information content (AvgIpc) is 2.46. The minimum absolute atomic E-state index is 0.0994. The monoisotopic (exact) mass is 252 g/mol. The van der Waals surface area contributed by atoms with Crippen LogP contribution in [0.4, 0.5) is 0 Å². The van der Waals surface area contributed by atoms with E-state index in [1.54, 1.807) is 6.26 Å². The summed E-state index contributed by atoms with van der Waals surface area (Å²) in [5.41, 5.74) is 0. The molecule has 0 aromatic rings. The van der Waals surface area contributed by atoms with Crippen LogP contribution < -0.4 is 5.32 Å². The van der Waals surface area contributed by atoms with Crippen LogP contribution in [0.1, 0.15) is 39.0 Å². The number of allylic oxidation sites excluding steroid dienone is 1. The molecule has 4 nitrogen and oxygen atoms in total. The Morgan fingerprint density at radius 3 is 2.89 bits per heavy atom. The second-order valence-electron chi connectivity index (χ2n) is 5.22. The number of piperidine rings is 1. The maximum atomic E-state index is 12.2. The van der Waals surface area contributed by atoms with E-state index in [1.807, 2.05) is 17.9 Å². The third-order valence-electron chi connectivity index (χ3n) is 3.71. The van der Waals surface area contributed by atoms with E-state index in [2.05, 4.69) is 5.32 Å². The lowest BCUT2D eigenvalue weighted by molar-refractivity contribution is -0.134. The first kappa shape index (κ1) is 13.4. The van der Waals surface area contributed by atoms with Gasteiger partial charge in [-0.15, -0.1) is 0 Å². The minimum Gasteiger partial charge on any atom is -0.497 e. The normalized spacial score (nSPS) is 25.6. The summed E-state index contributed by atoms with van der Waals surface area (Å²) >= 11 is 0. The molecule has 1 fully saturated rings. The van der Waals surface area contributed by atoms with Gasteiger partial charge >= 0.3 is 0 Å². The molecule has 2 aliphatic rings. The number of likely N-dealkylation sites (tertiary alicyclic amines) is 1. The summed E-state index contributed by atoms with van der Waals surface area (Å²) in [6, 6.07) is -0.0994. The molecule has 0 spiro atoms. The Kier molecular flexibility index (Phi) is 5.05. The Bertz CT molecular complexity index is 298. The lowest BCUT2D eigenvalue weighted by atomic mass is 10.1. The number of carbonyl (C=O) groups excluding carboxylic acids is 1. The van der Waals surface area contributed by atoms with Crippen molar-refractivity contribution in [1.29, 1.82) is 0 Å². The van der Waals surface area contributed by atoms with Crippen molar-refractivity contribution in [2.24, 2.45) is 0 Å². The molecule has 18 heavy (non-hydrogen) atoms. The van der Waals surface area contributed by atoms with Gasteiger partial charge in [-0.25, -0.2) is 0 Å². The van der Waals surface area contributed by atoms with Gasteiger partial charge in [0.15, 0.2) is 0 Å². The number of nitrogens with one attached hydrogen (secondary N) is 1. The zero-order valence-electron chi connectivity index (χ0n) is 11.2. The molecule has 102 valence electrons. The van der Waals surface area contributed by atoms with Crippen molar-refractivity contribution in [3.05, 3.63) is 12.3 Å². The highest BCUT2D eigenvalue weighted by atomic mass is 16.5. The molecule has 0 radical (unpaired) electrons. The van der Waals surface area contributed by atoms with Gasteiger partial charge in [0.25, 0.3) is 0 Å². The van der Waals surface area contributed by atoms with E-state index in [9.17, 15) is 4.79 Å². The Balaban J connectivity index is 1.71. The maximum absolute atomic E-state index is 12.2. The zero-order chi connectivity index (χ0) is 12.8. The van der Waals surface area contributed by atoms with Crippen LogP contribution in [0.5, 0.6) is 0 Å². The molecule has 1 saturated heterocycles. The van der Waals surface area contributed by atoms with E-state index >= 15 is 0 Å². The van der Waals surface area contributed by atoms with E-state index < -0.39 is 0 Å². The lowest BCUT2D eigenvalue weighted by Gasteiger charge is -2.30. The van der Waals surface area contributed by atoms with Gasteiger partial charge in [0.2, 0.25) is 5.91 Å². The summed E-state index contributed by atoms with van der Waals surface area (Å²) in [5.74, 6) is 0.237. The highest BCUT2D eigenvalue weighted by molar-refractivity contribution is 5.81. The van der Waals surface area contributed by atoms with Crippen LogP contribution in [0, 0.1) is 0 Å². The number of ether oxygens (including phenoxy) is 1. The Morgan fingerprint density at radius 1 is 1.44 bits per heavy atom. The fraction of sp³-hybridized carbons (Fsp3) is 0.786. The minimum atomic E-state index is -0.0994. The Morgan fingerprint density at radius 2 is 2.22 bits per heavy atom.